The average Bonchev–Trinajstić information content (AvgIpc) is 2.70. The summed E-state index contributed by atoms with van der Waals surface area (Å²) in [7, 11) is 0. The minimum absolute atomic E-state index is 0.688. The fraction of sp³-hybridized carbons (Fsp3) is 0.154. The van der Waals surface area contributed by atoms with E-state index in [2.05, 4.69) is 34.9 Å². The molecule has 0 saturated heterocycles. The molecule has 0 amide bonds. The molecule has 0 radical (unpaired) electrons. The van der Waals surface area contributed by atoms with E-state index >= 15 is 0 Å². The maximum Gasteiger partial charge on any atom is 0.175 e. The smallest absolute Gasteiger partial charge is 0.175 e. The number of thiocarbonyl (C=S) groups is 1. The van der Waals surface area contributed by atoms with E-state index in [4.69, 9.17) is 12.2 Å². The molecule has 78 valence electrons. The van der Waals surface area contributed by atoms with Crippen LogP contribution in [0.25, 0.3) is 10.8 Å². The Balaban J connectivity index is 2.22. The molecule has 0 aromatic heterocycles. The van der Waals surface area contributed by atoms with E-state index < -0.39 is 0 Å². The number of anilines is 2. The van der Waals surface area contributed by atoms with Crippen molar-refractivity contribution in [2.45, 2.75) is 12.8 Å². The third kappa shape index (κ3) is 0.938. The fourth-order valence-electron chi connectivity index (χ4n) is 2.81. The third-order valence-corrected chi connectivity index (χ3v) is 3.70. The number of hydrogen-bond acceptors (Lipinski definition) is 1. The molecule has 2 aliphatic rings. The highest BCUT2D eigenvalue weighted by molar-refractivity contribution is 7.80. The largest absolute Gasteiger partial charge is 0.332 e. The van der Waals surface area contributed by atoms with Gasteiger partial charge in [-0.2, -0.15) is 0 Å². The second-order valence-corrected chi connectivity index (χ2v) is 4.78. The van der Waals surface area contributed by atoms with Crippen molar-refractivity contribution in [1.29, 1.82) is 0 Å². The molecule has 2 nitrogen and oxygen atoms in total. The van der Waals surface area contributed by atoms with E-state index in [0.29, 0.717) is 5.11 Å². The first kappa shape index (κ1) is 8.53. The molecule has 2 N–H and O–H groups in total. The Morgan fingerprint density at radius 1 is 0.812 bits per heavy atom. The summed E-state index contributed by atoms with van der Waals surface area (Å²) in [5.41, 5.74) is 5.21. The van der Waals surface area contributed by atoms with Crippen LogP contribution in [0.4, 0.5) is 11.4 Å². The molecular weight excluding hydrogens is 216 g/mol. The molecule has 0 atom stereocenters. The van der Waals surface area contributed by atoms with Gasteiger partial charge in [0.15, 0.2) is 5.11 Å². The van der Waals surface area contributed by atoms with Crippen LogP contribution in [-0.2, 0) is 12.8 Å². The van der Waals surface area contributed by atoms with Crippen molar-refractivity contribution in [3.63, 3.8) is 0 Å². The van der Waals surface area contributed by atoms with Crippen molar-refractivity contribution in [1.82, 2.24) is 0 Å². The number of nitrogens with one attached hydrogen (secondary N) is 2. The van der Waals surface area contributed by atoms with Gasteiger partial charge in [0, 0.05) is 5.39 Å². The molecule has 0 saturated carbocycles. The minimum atomic E-state index is 0.688. The Labute approximate surface area is 98.7 Å². The molecule has 2 aromatic rings. The standard InChI is InChI=1S/C13H10N2S/c16-13-14-9-5-3-7-1-2-8-4-6-10(15-13)12(9)11(7)8/h3-6H,1-2H2,(H2,14,15,16). The molecule has 4 rings (SSSR count). The van der Waals surface area contributed by atoms with E-state index in [1.807, 2.05) is 0 Å². The second-order valence-electron chi connectivity index (χ2n) is 4.37. The first-order chi connectivity index (χ1) is 7.83. The molecule has 0 spiro atoms. The van der Waals surface area contributed by atoms with Gasteiger partial charge in [-0.25, -0.2) is 0 Å². The summed E-state index contributed by atoms with van der Waals surface area (Å²) >= 11 is 5.19. The Hall–Kier alpha value is -1.61. The molecule has 1 heterocycles. The van der Waals surface area contributed by atoms with Gasteiger partial charge in [-0.05, 0) is 53.7 Å². The lowest BCUT2D eigenvalue weighted by atomic mass is 10.0. The number of aryl methyl sites for hydroxylation is 2. The monoisotopic (exact) mass is 226 g/mol. The maximum atomic E-state index is 5.19. The normalized spacial score (nSPS) is 16.1. The topological polar surface area (TPSA) is 24.1 Å². The molecule has 0 bridgehead atoms. The summed E-state index contributed by atoms with van der Waals surface area (Å²) in [5, 5.41) is 9.88. The van der Waals surface area contributed by atoms with Gasteiger partial charge in [0.05, 0.1) is 11.4 Å². The molecule has 0 unspecified atom stereocenters. The summed E-state index contributed by atoms with van der Waals surface area (Å²) in [6, 6.07) is 8.73. The van der Waals surface area contributed by atoms with Crippen LogP contribution >= 0.6 is 12.2 Å². The average molecular weight is 226 g/mol. The van der Waals surface area contributed by atoms with Gasteiger partial charge in [-0.15, -0.1) is 0 Å². The zero-order valence-corrected chi connectivity index (χ0v) is 9.45. The first-order valence-electron chi connectivity index (χ1n) is 5.48. The van der Waals surface area contributed by atoms with Crippen LogP contribution in [0.5, 0.6) is 0 Å². The molecule has 2 aromatic carbocycles. The van der Waals surface area contributed by atoms with Gasteiger partial charge in [0.25, 0.3) is 0 Å². The summed E-state index contributed by atoms with van der Waals surface area (Å²) in [4.78, 5) is 0. The molecule has 16 heavy (non-hydrogen) atoms. The minimum Gasteiger partial charge on any atom is -0.332 e. The predicted octanol–water partition coefficient (Wildman–Crippen LogP) is 3.06. The van der Waals surface area contributed by atoms with E-state index in [0.717, 1.165) is 11.4 Å². The van der Waals surface area contributed by atoms with Gasteiger partial charge in [0.1, 0.15) is 0 Å². The van der Waals surface area contributed by atoms with E-state index in [1.165, 1.54) is 34.7 Å². The second kappa shape index (κ2) is 2.74. The Bertz CT molecular complexity index is 595. The van der Waals surface area contributed by atoms with Gasteiger partial charge >= 0.3 is 0 Å². The highest BCUT2D eigenvalue weighted by Crippen LogP contribution is 2.41. The van der Waals surface area contributed by atoms with Crippen LogP contribution in [0.15, 0.2) is 24.3 Å². The third-order valence-electron chi connectivity index (χ3n) is 3.49. The van der Waals surface area contributed by atoms with Crippen molar-refractivity contribution >= 4 is 39.5 Å². The van der Waals surface area contributed by atoms with Crippen molar-refractivity contribution < 1.29 is 0 Å². The van der Waals surface area contributed by atoms with Crippen molar-refractivity contribution in [2.75, 3.05) is 10.6 Å². The van der Waals surface area contributed by atoms with Gasteiger partial charge in [-0.3, -0.25) is 0 Å². The molecule has 0 fully saturated rings. The fourth-order valence-corrected chi connectivity index (χ4v) is 3.03. The number of hydrogen-bond donors (Lipinski definition) is 2. The predicted molar refractivity (Wildman–Crippen MR) is 71.2 cm³/mol. The van der Waals surface area contributed by atoms with Crippen LogP contribution in [-0.4, -0.2) is 5.11 Å². The Morgan fingerprint density at radius 2 is 1.38 bits per heavy atom. The van der Waals surface area contributed by atoms with Crippen LogP contribution in [0.3, 0.4) is 0 Å². The van der Waals surface area contributed by atoms with Crippen LogP contribution in [0.1, 0.15) is 11.1 Å². The van der Waals surface area contributed by atoms with Crippen molar-refractivity contribution in [3.8, 4) is 0 Å². The quantitative estimate of drug-likeness (QED) is 0.675. The molecular formula is C13H10N2S. The highest BCUT2D eigenvalue weighted by atomic mass is 32.1. The van der Waals surface area contributed by atoms with Crippen LogP contribution in [0, 0.1) is 0 Å². The summed E-state index contributed by atoms with van der Waals surface area (Å²) in [5.74, 6) is 0. The van der Waals surface area contributed by atoms with Crippen LogP contribution < -0.4 is 10.6 Å². The number of benzene rings is 2. The Morgan fingerprint density at radius 3 is 1.94 bits per heavy atom. The van der Waals surface area contributed by atoms with Gasteiger partial charge in [0.2, 0.25) is 0 Å². The highest BCUT2D eigenvalue weighted by Gasteiger charge is 2.21. The summed E-state index contributed by atoms with van der Waals surface area (Å²) < 4.78 is 0. The maximum absolute atomic E-state index is 5.19. The lowest BCUT2D eigenvalue weighted by molar-refractivity contribution is 1.02. The first-order valence-corrected chi connectivity index (χ1v) is 5.89. The molecule has 3 heteroatoms. The SMILES string of the molecule is S=C1Nc2ccc3c4c(ccc(c24)N1)CC3. The van der Waals surface area contributed by atoms with E-state index in [9.17, 15) is 0 Å². The van der Waals surface area contributed by atoms with E-state index in [1.54, 1.807) is 0 Å². The Kier molecular flexibility index (Phi) is 1.46. The van der Waals surface area contributed by atoms with E-state index in [-0.39, 0.29) is 0 Å². The summed E-state index contributed by atoms with van der Waals surface area (Å²) in [6.07, 6.45) is 2.33. The zero-order chi connectivity index (χ0) is 10.7. The molecule has 1 aliphatic carbocycles. The lowest BCUT2D eigenvalue weighted by Crippen LogP contribution is -2.23. The zero-order valence-electron chi connectivity index (χ0n) is 8.63. The molecule has 1 aliphatic heterocycles. The van der Waals surface area contributed by atoms with Crippen LogP contribution in [0.2, 0.25) is 0 Å². The summed E-state index contributed by atoms with van der Waals surface area (Å²) in [6.45, 7) is 0. The van der Waals surface area contributed by atoms with Gasteiger partial charge < -0.3 is 10.6 Å². The lowest BCUT2D eigenvalue weighted by Gasteiger charge is -2.22. The van der Waals surface area contributed by atoms with Crippen molar-refractivity contribution in [2.24, 2.45) is 0 Å². The van der Waals surface area contributed by atoms with Gasteiger partial charge in [-0.1, -0.05) is 12.1 Å². The number of rotatable bonds is 0. The van der Waals surface area contributed by atoms with Crippen molar-refractivity contribution in [3.05, 3.63) is 35.4 Å².